The predicted octanol–water partition coefficient (Wildman–Crippen LogP) is 10.0. The Balaban J connectivity index is 1.82. The van der Waals surface area contributed by atoms with Crippen LogP contribution in [0.5, 0.6) is 5.75 Å². The number of halogens is 7. The highest BCUT2D eigenvalue weighted by Crippen LogP contribution is 2.41. The number of thioether (sulfide) groups is 1. The van der Waals surface area contributed by atoms with Crippen molar-refractivity contribution in [2.24, 2.45) is 5.92 Å². The van der Waals surface area contributed by atoms with Crippen molar-refractivity contribution in [3.8, 4) is 5.75 Å². The van der Waals surface area contributed by atoms with Gasteiger partial charge < -0.3 is 14.5 Å². The number of hydrogen-bond acceptors (Lipinski definition) is 6. The highest BCUT2D eigenvalue weighted by molar-refractivity contribution is 7.98. The van der Waals surface area contributed by atoms with Gasteiger partial charge in [-0.05, 0) is 81.2 Å². The Morgan fingerprint density at radius 2 is 1.61 bits per heavy atom. The van der Waals surface area contributed by atoms with Gasteiger partial charge in [0, 0.05) is 30.1 Å². The maximum Gasteiger partial charge on any atom is 0.416 e. The number of hydrogen-bond donors (Lipinski definition) is 0. The molecule has 4 rings (SSSR count). The maximum atomic E-state index is 13.8. The van der Waals surface area contributed by atoms with E-state index in [9.17, 15) is 26.3 Å². The Kier molecular flexibility index (Phi) is 12.0. The van der Waals surface area contributed by atoms with Crippen LogP contribution in [-0.2, 0) is 18.9 Å². The average molecular weight is 689 g/mol. The van der Waals surface area contributed by atoms with E-state index in [0.717, 1.165) is 48.5 Å². The van der Waals surface area contributed by atoms with Gasteiger partial charge in [-0.1, -0.05) is 30.5 Å². The van der Waals surface area contributed by atoms with E-state index >= 15 is 0 Å². The number of aryl methyl sites for hydroxylation is 1. The zero-order valence-electron chi connectivity index (χ0n) is 26.3. The largest absolute Gasteiger partial charge is 0.489 e. The minimum Gasteiger partial charge on any atom is -0.489 e. The van der Waals surface area contributed by atoms with E-state index < -0.39 is 29.5 Å². The first-order chi connectivity index (χ1) is 21.7. The van der Waals surface area contributed by atoms with Crippen LogP contribution in [0.2, 0.25) is 5.02 Å². The fraction of sp³-hybridized carbons (Fsp3) is 0.515. The van der Waals surface area contributed by atoms with Crippen molar-refractivity contribution in [3.05, 3.63) is 75.6 Å². The highest BCUT2D eigenvalue weighted by atomic mass is 35.5. The van der Waals surface area contributed by atoms with Gasteiger partial charge in [-0.15, -0.1) is 0 Å². The number of nitrogens with zero attached hydrogens (tertiary/aromatic N) is 4. The number of anilines is 2. The summed E-state index contributed by atoms with van der Waals surface area (Å²) >= 11 is 8.56. The second-order valence-corrected chi connectivity index (χ2v) is 12.9. The van der Waals surface area contributed by atoms with Crippen LogP contribution in [0, 0.1) is 12.8 Å². The number of rotatable bonds is 13. The summed E-state index contributed by atoms with van der Waals surface area (Å²) in [5.41, 5.74) is -0.604. The molecule has 0 radical (unpaired) electrons. The van der Waals surface area contributed by atoms with E-state index in [1.54, 1.807) is 23.6 Å². The van der Waals surface area contributed by atoms with Crippen LogP contribution in [-0.4, -0.2) is 41.7 Å². The van der Waals surface area contributed by atoms with Gasteiger partial charge in [0.2, 0.25) is 5.95 Å². The smallest absolute Gasteiger partial charge is 0.416 e. The van der Waals surface area contributed by atoms with E-state index in [1.807, 2.05) is 32.2 Å². The molecule has 13 heteroatoms. The summed E-state index contributed by atoms with van der Waals surface area (Å²) in [5.74, 6) is 1.77. The third kappa shape index (κ3) is 8.93. The van der Waals surface area contributed by atoms with Gasteiger partial charge in [-0.3, -0.25) is 0 Å². The van der Waals surface area contributed by atoms with Crippen LogP contribution in [0.3, 0.4) is 0 Å². The van der Waals surface area contributed by atoms with E-state index in [0.29, 0.717) is 35.4 Å². The summed E-state index contributed by atoms with van der Waals surface area (Å²) in [5, 5.41) is 0.469. The molecular formula is C33H39ClF6N4OS. The molecular weight excluding hydrogens is 650 g/mol. The van der Waals surface area contributed by atoms with Crippen molar-refractivity contribution < 1.29 is 31.1 Å². The van der Waals surface area contributed by atoms with Gasteiger partial charge in [-0.2, -0.15) is 38.1 Å². The van der Waals surface area contributed by atoms with Crippen LogP contribution < -0.4 is 14.5 Å². The normalized spacial score (nSPS) is 14.8. The van der Waals surface area contributed by atoms with Crippen molar-refractivity contribution >= 4 is 35.0 Å². The standard InChI is InChI=1S/C33H39ClF6N4OS/c1-5-43(19-23-8-6-7-9-23)29-11-10-21(2)30(34)28(29)20-44(31-41-17-27(18-42-31)45-12-13-46-4)22(3)24-14-25(32(35,36)37)16-26(15-24)33(38,39)40/h10-11,14-18,22-23H,5-9,12-13,19-20H2,1-4H3. The molecule has 0 saturated heterocycles. The van der Waals surface area contributed by atoms with E-state index in [4.69, 9.17) is 16.3 Å². The van der Waals surface area contributed by atoms with E-state index in [-0.39, 0.29) is 24.1 Å². The molecule has 1 saturated carbocycles. The molecule has 1 atom stereocenters. The van der Waals surface area contributed by atoms with E-state index in [2.05, 4.69) is 14.9 Å². The molecule has 1 aliphatic rings. The molecule has 5 nitrogen and oxygen atoms in total. The lowest BCUT2D eigenvalue weighted by Gasteiger charge is -2.34. The van der Waals surface area contributed by atoms with Gasteiger partial charge in [0.15, 0.2) is 5.75 Å². The minimum atomic E-state index is -4.98. The molecule has 0 bridgehead atoms. The number of benzene rings is 2. The molecule has 3 aromatic rings. The summed E-state index contributed by atoms with van der Waals surface area (Å²) in [6.07, 6.45) is -0.502. The van der Waals surface area contributed by atoms with Gasteiger partial charge in [0.1, 0.15) is 0 Å². The summed E-state index contributed by atoms with van der Waals surface area (Å²) in [6.45, 7) is 7.41. The van der Waals surface area contributed by atoms with Crippen LogP contribution in [0.15, 0.2) is 42.7 Å². The Labute approximate surface area is 275 Å². The molecule has 0 amide bonds. The molecule has 46 heavy (non-hydrogen) atoms. The first-order valence-corrected chi connectivity index (χ1v) is 17.0. The highest BCUT2D eigenvalue weighted by Gasteiger charge is 2.38. The topological polar surface area (TPSA) is 41.5 Å². The number of ether oxygens (including phenoxy) is 1. The molecule has 1 aliphatic carbocycles. The second kappa shape index (κ2) is 15.4. The van der Waals surface area contributed by atoms with Crippen LogP contribution in [0.4, 0.5) is 38.0 Å². The van der Waals surface area contributed by atoms with Crippen molar-refractivity contribution in [2.75, 3.05) is 41.5 Å². The Bertz CT molecular complexity index is 1420. The van der Waals surface area contributed by atoms with Crippen molar-refractivity contribution in [2.45, 2.75) is 71.4 Å². The monoisotopic (exact) mass is 688 g/mol. The second-order valence-electron chi connectivity index (χ2n) is 11.6. The molecule has 252 valence electrons. The molecule has 0 aliphatic heterocycles. The zero-order valence-corrected chi connectivity index (χ0v) is 27.9. The Hall–Kier alpha value is -2.86. The third-order valence-electron chi connectivity index (χ3n) is 8.40. The van der Waals surface area contributed by atoms with E-state index in [1.165, 1.54) is 25.2 Å². The molecule has 1 heterocycles. The molecule has 0 N–H and O–H groups in total. The minimum absolute atomic E-state index is 0.0302. The third-order valence-corrected chi connectivity index (χ3v) is 9.50. The molecule has 1 aromatic heterocycles. The van der Waals surface area contributed by atoms with Gasteiger partial charge in [0.25, 0.3) is 0 Å². The summed E-state index contributed by atoms with van der Waals surface area (Å²) in [7, 11) is 0. The molecule has 1 unspecified atom stereocenters. The van der Waals surface area contributed by atoms with Gasteiger partial charge in [0.05, 0.1) is 47.7 Å². The Morgan fingerprint density at radius 3 is 2.15 bits per heavy atom. The predicted molar refractivity (Wildman–Crippen MR) is 173 cm³/mol. The van der Waals surface area contributed by atoms with Gasteiger partial charge in [-0.25, -0.2) is 9.97 Å². The summed E-state index contributed by atoms with van der Waals surface area (Å²) in [6, 6.07) is 4.53. The van der Waals surface area contributed by atoms with Crippen molar-refractivity contribution in [1.82, 2.24) is 9.97 Å². The SMILES string of the molecule is CCN(CC1CCCC1)c1ccc(C)c(Cl)c1CN(c1ncc(OCCSC)cn1)C(C)c1cc(C(F)(F)F)cc(C(F)(F)F)c1. The maximum absolute atomic E-state index is 13.8. The quantitative estimate of drug-likeness (QED) is 0.132. The van der Waals surface area contributed by atoms with Crippen molar-refractivity contribution in [3.63, 3.8) is 0 Å². The first kappa shape index (κ1) is 36.0. The number of alkyl halides is 6. The first-order valence-electron chi connectivity index (χ1n) is 15.3. The van der Waals surface area contributed by atoms with Crippen LogP contribution in [0.1, 0.15) is 73.4 Å². The fourth-order valence-corrected chi connectivity index (χ4v) is 6.27. The average Bonchev–Trinajstić information content (AvgIpc) is 3.53. The lowest BCUT2D eigenvalue weighted by atomic mass is 9.98. The zero-order chi connectivity index (χ0) is 33.6. The fourth-order valence-electron chi connectivity index (χ4n) is 5.80. The molecule has 2 aromatic carbocycles. The van der Waals surface area contributed by atoms with Crippen molar-refractivity contribution in [1.29, 1.82) is 0 Å². The molecule has 1 fully saturated rings. The Morgan fingerprint density at radius 1 is 1.00 bits per heavy atom. The summed E-state index contributed by atoms with van der Waals surface area (Å²) in [4.78, 5) is 12.7. The lowest BCUT2D eigenvalue weighted by Crippen LogP contribution is -2.32. The number of aromatic nitrogens is 2. The van der Waals surface area contributed by atoms with Crippen LogP contribution in [0.25, 0.3) is 0 Å². The lowest BCUT2D eigenvalue weighted by molar-refractivity contribution is -0.143. The van der Waals surface area contributed by atoms with Crippen LogP contribution >= 0.6 is 23.4 Å². The summed E-state index contributed by atoms with van der Waals surface area (Å²) < 4.78 is 88.7. The molecule has 0 spiro atoms. The van der Waals surface area contributed by atoms with Gasteiger partial charge >= 0.3 is 12.4 Å².